The van der Waals surface area contributed by atoms with E-state index in [1.165, 1.54) is 12.7 Å². The first-order valence-corrected chi connectivity index (χ1v) is 6.55. The first-order valence-electron chi connectivity index (χ1n) is 6.55. The monoisotopic (exact) mass is 247 g/mol. The highest BCUT2D eigenvalue weighted by molar-refractivity contribution is 5.78. The average molecular weight is 247 g/mol. The van der Waals surface area contributed by atoms with Gasteiger partial charge in [0.2, 0.25) is 0 Å². The summed E-state index contributed by atoms with van der Waals surface area (Å²) in [5.74, 6) is 0.280. The topological polar surface area (TPSA) is 52.3 Å². The molecule has 1 aromatic carbocycles. The van der Waals surface area contributed by atoms with Crippen molar-refractivity contribution in [2.75, 3.05) is 13.7 Å². The zero-order valence-electron chi connectivity index (χ0n) is 10.9. The predicted octanol–water partition coefficient (Wildman–Crippen LogP) is 2.15. The summed E-state index contributed by atoms with van der Waals surface area (Å²) in [6.45, 7) is 0.386. The van der Waals surface area contributed by atoms with Crippen LogP contribution in [0.15, 0.2) is 30.3 Å². The highest BCUT2D eigenvalue weighted by atomic mass is 16.5. The number of ether oxygens (including phenoxy) is 1. The number of carbonyl (C=O) groups is 1. The smallest absolute Gasteiger partial charge is 0.313 e. The molecular weight excluding hydrogens is 226 g/mol. The summed E-state index contributed by atoms with van der Waals surface area (Å²) >= 11 is 0. The van der Waals surface area contributed by atoms with Crippen molar-refractivity contribution in [3.8, 4) is 0 Å². The van der Waals surface area contributed by atoms with Crippen molar-refractivity contribution in [3.05, 3.63) is 35.9 Å². The number of carbonyl (C=O) groups excluding carboxylic acids is 1. The van der Waals surface area contributed by atoms with Gasteiger partial charge in [-0.2, -0.15) is 0 Å². The molecule has 0 saturated heterocycles. The molecule has 3 heteroatoms. The number of nitrogens with two attached hydrogens (primary N) is 1. The molecule has 1 saturated carbocycles. The Hall–Kier alpha value is -1.35. The maximum atomic E-state index is 12.1. The minimum atomic E-state index is -0.468. The second-order valence-electron chi connectivity index (χ2n) is 5.11. The number of hydrogen-bond donors (Lipinski definition) is 1. The summed E-state index contributed by atoms with van der Waals surface area (Å²) in [5.41, 5.74) is 6.67. The zero-order chi connectivity index (χ0) is 13.0. The Balaban J connectivity index is 2.08. The van der Waals surface area contributed by atoms with E-state index in [1.54, 1.807) is 0 Å². The van der Waals surface area contributed by atoms with E-state index in [0.717, 1.165) is 25.7 Å². The van der Waals surface area contributed by atoms with E-state index in [1.807, 2.05) is 18.2 Å². The molecule has 98 valence electrons. The Morgan fingerprint density at radius 3 is 2.56 bits per heavy atom. The molecule has 0 bridgehead atoms. The minimum absolute atomic E-state index is 0.136. The lowest BCUT2D eigenvalue weighted by Gasteiger charge is -2.29. The van der Waals surface area contributed by atoms with Gasteiger partial charge in [-0.15, -0.1) is 0 Å². The van der Waals surface area contributed by atoms with Gasteiger partial charge in [0.15, 0.2) is 0 Å². The molecule has 18 heavy (non-hydrogen) atoms. The Kier molecular flexibility index (Phi) is 4.02. The molecule has 0 aromatic heterocycles. The Morgan fingerprint density at radius 2 is 2.06 bits per heavy atom. The third-order valence-electron chi connectivity index (χ3n) is 4.02. The van der Waals surface area contributed by atoms with Crippen molar-refractivity contribution in [2.24, 2.45) is 17.1 Å². The van der Waals surface area contributed by atoms with Crippen LogP contribution < -0.4 is 5.73 Å². The molecule has 1 atom stereocenters. The van der Waals surface area contributed by atoms with Crippen LogP contribution in [0.2, 0.25) is 0 Å². The predicted molar refractivity (Wildman–Crippen MR) is 71.0 cm³/mol. The zero-order valence-corrected chi connectivity index (χ0v) is 10.9. The van der Waals surface area contributed by atoms with Gasteiger partial charge in [0.1, 0.15) is 0 Å². The molecule has 0 heterocycles. The van der Waals surface area contributed by atoms with E-state index < -0.39 is 5.41 Å². The van der Waals surface area contributed by atoms with E-state index in [9.17, 15) is 4.79 Å². The van der Waals surface area contributed by atoms with Crippen LogP contribution >= 0.6 is 0 Å². The van der Waals surface area contributed by atoms with Gasteiger partial charge in [0.05, 0.1) is 12.5 Å². The van der Waals surface area contributed by atoms with Gasteiger partial charge >= 0.3 is 5.97 Å². The van der Waals surface area contributed by atoms with Crippen LogP contribution in [0.4, 0.5) is 0 Å². The number of benzene rings is 1. The lowest BCUT2D eigenvalue weighted by atomic mass is 9.77. The largest absolute Gasteiger partial charge is 0.469 e. The first-order chi connectivity index (χ1) is 8.73. The summed E-state index contributed by atoms with van der Waals surface area (Å²) in [7, 11) is 1.46. The van der Waals surface area contributed by atoms with Crippen molar-refractivity contribution in [1.82, 2.24) is 0 Å². The van der Waals surface area contributed by atoms with Crippen LogP contribution in [0.5, 0.6) is 0 Å². The lowest BCUT2D eigenvalue weighted by molar-refractivity contribution is -0.154. The number of methoxy groups -OCH3 is 1. The van der Waals surface area contributed by atoms with Gasteiger partial charge in [0.25, 0.3) is 0 Å². The van der Waals surface area contributed by atoms with Crippen LogP contribution in [-0.4, -0.2) is 19.6 Å². The second-order valence-corrected chi connectivity index (χ2v) is 5.11. The highest BCUT2D eigenvalue weighted by Gasteiger charge is 2.50. The quantitative estimate of drug-likeness (QED) is 0.784. The van der Waals surface area contributed by atoms with Crippen LogP contribution in [-0.2, 0) is 16.0 Å². The van der Waals surface area contributed by atoms with Gasteiger partial charge in [-0.3, -0.25) is 4.79 Å². The van der Waals surface area contributed by atoms with E-state index in [2.05, 4.69) is 12.1 Å². The molecule has 2 rings (SSSR count). The molecule has 1 aliphatic rings. The van der Waals surface area contributed by atoms with E-state index >= 15 is 0 Å². The van der Waals surface area contributed by atoms with Gasteiger partial charge < -0.3 is 10.5 Å². The summed E-state index contributed by atoms with van der Waals surface area (Å²) in [6, 6.07) is 10.2. The fourth-order valence-electron chi connectivity index (χ4n) is 2.68. The van der Waals surface area contributed by atoms with Crippen LogP contribution in [0.1, 0.15) is 24.8 Å². The van der Waals surface area contributed by atoms with Crippen LogP contribution in [0.3, 0.4) is 0 Å². The molecule has 3 nitrogen and oxygen atoms in total. The van der Waals surface area contributed by atoms with Crippen LogP contribution in [0.25, 0.3) is 0 Å². The minimum Gasteiger partial charge on any atom is -0.469 e. The van der Waals surface area contributed by atoms with E-state index in [-0.39, 0.29) is 5.97 Å². The van der Waals surface area contributed by atoms with Gasteiger partial charge in [-0.25, -0.2) is 0 Å². The van der Waals surface area contributed by atoms with Crippen molar-refractivity contribution >= 4 is 5.97 Å². The Morgan fingerprint density at radius 1 is 1.39 bits per heavy atom. The lowest BCUT2D eigenvalue weighted by Crippen LogP contribution is -2.42. The van der Waals surface area contributed by atoms with Gasteiger partial charge in [-0.05, 0) is 37.2 Å². The fraction of sp³-hybridized carbons (Fsp3) is 0.533. The van der Waals surface area contributed by atoms with E-state index in [0.29, 0.717) is 12.5 Å². The molecular formula is C15H21NO2. The van der Waals surface area contributed by atoms with Gasteiger partial charge in [-0.1, -0.05) is 30.3 Å². The van der Waals surface area contributed by atoms with Crippen molar-refractivity contribution in [3.63, 3.8) is 0 Å². The average Bonchev–Trinajstić information content (AvgIpc) is 3.26. The number of hydrogen-bond acceptors (Lipinski definition) is 3. The maximum Gasteiger partial charge on any atom is 0.313 e. The standard InChI is InChI=1S/C15H21NO2/c1-18-14(17)15(11-16,13-7-8-13)10-9-12-5-3-2-4-6-12/h2-6,13H,7-11,16H2,1H3. The molecule has 0 radical (unpaired) electrons. The van der Waals surface area contributed by atoms with Crippen molar-refractivity contribution in [1.29, 1.82) is 0 Å². The summed E-state index contributed by atoms with van der Waals surface area (Å²) < 4.78 is 4.98. The van der Waals surface area contributed by atoms with Gasteiger partial charge in [0, 0.05) is 6.54 Å². The molecule has 2 N–H and O–H groups in total. The Bertz CT molecular complexity index is 400. The Labute approximate surface area is 108 Å². The van der Waals surface area contributed by atoms with Crippen LogP contribution in [0, 0.1) is 11.3 Å². The van der Waals surface area contributed by atoms with E-state index in [4.69, 9.17) is 10.5 Å². The summed E-state index contributed by atoms with van der Waals surface area (Å²) in [4.78, 5) is 12.1. The number of rotatable bonds is 6. The SMILES string of the molecule is COC(=O)C(CN)(CCc1ccccc1)C1CC1. The third-order valence-corrected chi connectivity index (χ3v) is 4.02. The first kappa shape index (κ1) is 13.1. The molecule has 0 spiro atoms. The number of aryl methyl sites for hydroxylation is 1. The molecule has 0 amide bonds. The molecule has 1 unspecified atom stereocenters. The van der Waals surface area contributed by atoms with Crippen molar-refractivity contribution in [2.45, 2.75) is 25.7 Å². The van der Waals surface area contributed by atoms with Crippen molar-refractivity contribution < 1.29 is 9.53 Å². The molecule has 1 aromatic rings. The number of esters is 1. The fourth-order valence-corrected chi connectivity index (χ4v) is 2.68. The normalized spacial score (nSPS) is 18.1. The summed E-state index contributed by atoms with van der Waals surface area (Å²) in [5, 5.41) is 0. The molecule has 1 fully saturated rings. The summed E-state index contributed by atoms with van der Waals surface area (Å²) in [6.07, 6.45) is 3.86. The molecule has 0 aliphatic heterocycles. The second kappa shape index (κ2) is 5.53. The maximum absolute atomic E-state index is 12.1. The molecule has 1 aliphatic carbocycles. The highest BCUT2D eigenvalue weighted by Crippen LogP contribution is 2.48. The third kappa shape index (κ3) is 2.56.